The summed E-state index contributed by atoms with van der Waals surface area (Å²) in [6, 6.07) is 2.07. The van der Waals surface area contributed by atoms with Crippen LogP contribution in [0.1, 0.15) is 18.3 Å². The van der Waals surface area contributed by atoms with Crippen molar-refractivity contribution >= 4 is 6.41 Å². The first-order valence-electron chi connectivity index (χ1n) is 4.86. The Labute approximate surface area is 84.5 Å². The second-order valence-electron chi connectivity index (χ2n) is 3.43. The lowest BCUT2D eigenvalue weighted by molar-refractivity contribution is -0.116. The van der Waals surface area contributed by atoms with Crippen molar-refractivity contribution in [2.45, 2.75) is 26.8 Å². The largest absolute Gasteiger partial charge is 0.348 e. The van der Waals surface area contributed by atoms with Gasteiger partial charge in [-0.15, -0.1) is 0 Å². The van der Waals surface area contributed by atoms with Crippen molar-refractivity contribution in [2.24, 2.45) is 0 Å². The minimum absolute atomic E-state index is 0.745. The molecule has 0 bridgehead atoms. The van der Waals surface area contributed by atoms with Gasteiger partial charge in [-0.2, -0.15) is 5.10 Å². The van der Waals surface area contributed by atoms with Gasteiger partial charge in [0.15, 0.2) is 0 Å². The van der Waals surface area contributed by atoms with Gasteiger partial charge in [0.1, 0.15) is 0 Å². The minimum atomic E-state index is 0.745. The number of amides is 1. The van der Waals surface area contributed by atoms with Gasteiger partial charge in [0.05, 0.1) is 5.69 Å². The summed E-state index contributed by atoms with van der Waals surface area (Å²) >= 11 is 0. The number of nitrogens with zero attached hydrogens (tertiary/aromatic N) is 3. The lowest BCUT2D eigenvalue weighted by Gasteiger charge is -2.10. The first kappa shape index (κ1) is 10.8. The van der Waals surface area contributed by atoms with Gasteiger partial charge < -0.3 is 4.90 Å². The summed E-state index contributed by atoms with van der Waals surface area (Å²) in [6.07, 6.45) is 1.71. The van der Waals surface area contributed by atoms with Crippen molar-refractivity contribution in [3.05, 3.63) is 17.5 Å². The van der Waals surface area contributed by atoms with Crippen molar-refractivity contribution in [3.63, 3.8) is 0 Å². The highest BCUT2D eigenvalue weighted by Crippen LogP contribution is 2.04. The normalized spacial score (nSPS) is 10.2. The fraction of sp³-hybridized carbons (Fsp3) is 0.600. The van der Waals surface area contributed by atoms with Gasteiger partial charge in [-0.25, -0.2) is 0 Å². The van der Waals surface area contributed by atoms with Crippen LogP contribution >= 0.6 is 0 Å². The van der Waals surface area contributed by atoms with Crippen LogP contribution in [0.15, 0.2) is 6.07 Å². The first-order chi connectivity index (χ1) is 6.67. The van der Waals surface area contributed by atoms with Crippen LogP contribution in [0.5, 0.6) is 0 Å². The van der Waals surface area contributed by atoms with E-state index in [1.807, 2.05) is 11.6 Å². The Balaban J connectivity index is 2.61. The number of carbonyl (C=O) groups excluding carboxylic acids is 1. The summed E-state index contributed by atoms with van der Waals surface area (Å²) < 4.78 is 1.98. The maximum atomic E-state index is 10.4. The van der Waals surface area contributed by atoms with E-state index < -0.39 is 0 Å². The summed E-state index contributed by atoms with van der Waals surface area (Å²) in [5.41, 5.74) is 2.23. The maximum absolute atomic E-state index is 10.4. The molecule has 0 fully saturated rings. The highest BCUT2D eigenvalue weighted by atomic mass is 16.1. The molecule has 1 amide bonds. The van der Waals surface area contributed by atoms with Crippen LogP contribution in [0.3, 0.4) is 0 Å². The first-order valence-corrected chi connectivity index (χ1v) is 4.86. The molecular formula is C10H17N3O. The predicted molar refractivity (Wildman–Crippen MR) is 55.0 cm³/mol. The standard InChI is InChI=1S/C10H17N3O/c1-4-13-10(7-9(2)11-13)5-6-12(3)8-14/h7-8H,4-6H2,1-3H3. The fourth-order valence-corrected chi connectivity index (χ4v) is 1.42. The molecule has 0 saturated heterocycles. The summed E-state index contributed by atoms with van der Waals surface area (Å²) in [5.74, 6) is 0. The lowest BCUT2D eigenvalue weighted by atomic mass is 10.3. The van der Waals surface area contributed by atoms with Gasteiger partial charge in [0.2, 0.25) is 6.41 Å². The Hall–Kier alpha value is -1.32. The molecule has 4 nitrogen and oxygen atoms in total. The summed E-state index contributed by atoms with van der Waals surface area (Å²) in [7, 11) is 1.78. The third kappa shape index (κ3) is 2.58. The maximum Gasteiger partial charge on any atom is 0.209 e. The SMILES string of the molecule is CCn1nc(C)cc1CCN(C)C=O. The average Bonchev–Trinajstić information content (AvgIpc) is 2.55. The molecule has 1 rings (SSSR count). The van der Waals surface area contributed by atoms with Crippen molar-refractivity contribution in [3.8, 4) is 0 Å². The quantitative estimate of drug-likeness (QED) is 0.653. The zero-order chi connectivity index (χ0) is 10.6. The Bertz CT molecular complexity index is 306. The Morgan fingerprint density at radius 1 is 1.64 bits per heavy atom. The fourth-order valence-electron chi connectivity index (χ4n) is 1.42. The average molecular weight is 195 g/mol. The molecule has 78 valence electrons. The van der Waals surface area contributed by atoms with Crippen molar-refractivity contribution in [1.29, 1.82) is 0 Å². The molecule has 0 spiro atoms. The lowest BCUT2D eigenvalue weighted by Crippen LogP contribution is -2.20. The second kappa shape index (κ2) is 4.79. The predicted octanol–water partition coefficient (Wildman–Crippen LogP) is 0.842. The second-order valence-corrected chi connectivity index (χ2v) is 3.43. The van der Waals surface area contributed by atoms with Crippen molar-refractivity contribution < 1.29 is 4.79 Å². The molecule has 0 saturated carbocycles. The molecule has 0 N–H and O–H groups in total. The number of aryl methyl sites for hydroxylation is 2. The zero-order valence-corrected chi connectivity index (χ0v) is 9.03. The van der Waals surface area contributed by atoms with Crippen LogP contribution < -0.4 is 0 Å². The van der Waals surface area contributed by atoms with Crippen LogP contribution in [0.4, 0.5) is 0 Å². The number of likely N-dealkylation sites (N-methyl/N-ethyl adjacent to an activating group) is 1. The molecule has 1 aromatic rings. The van der Waals surface area contributed by atoms with E-state index in [4.69, 9.17) is 0 Å². The third-order valence-electron chi connectivity index (χ3n) is 2.19. The van der Waals surface area contributed by atoms with E-state index in [1.54, 1.807) is 11.9 Å². The van der Waals surface area contributed by atoms with E-state index in [0.717, 1.165) is 31.6 Å². The van der Waals surface area contributed by atoms with Crippen molar-refractivity contribution in [1.82, 2.24) is 14.7 Å². The molecule has 1 aromatic heterocycles. The van der Waals surface area contributed by atoms with Crippen LogP contribution in [-0.2, 0) is 17.8 Å². The molecule has 4 heteroatoms. The summed E-state index contributed by atoms with van der Waals surface area (Å²) in [6.45, 7) is 5.68. The summed E-state index contributed by atoms with van der Waals surface area (Å²) in [5, 5.41) is 4.34. The van der Waals surface area contributed by atoms with Crippen LogP contribution in [0.2, 0.25) is 0 Å². The van der Waals surface area contributed by atoms with E-state index in [0.29, 0.717) is 0 Å². The highest BCUT2D eigenvalue weighted by molar-refractivity contribution is 5.46. The van der Waals surface area contributed by atoms with Gasteiger partial charge in [-0.1, -0.05) is 0 Å². The van der Waals surface area contributed by atoms with E-state index in [9.17, 15) is 4.79 Å². The molecule has 14 heavy (non-hydrogen) atoms. The van der Waals surface area contributed by atoms with E-state index >= 15 is 0 Å². The summed E-state index contributed by atoms with van der Waals surface area (Å²) in [4.78, 5) is 12.0. The molecule has 0 radical (unpaired) electrons. The van der Waals surface area contributed by atoms with Gasteiger partial charge in [-0.05, 0) is 19.9 Å². The Kier molecular flexibility index (Phi) is 3.68. The van der Waals surface area contributed by atoms with Gasteiger partial charge >= 0.3 is 0 Å². The Morgan fingerprint density at radius 3 is 2.93 bits per heavy atom. The van der Waals surface area contributed by atoms with E-state index in [2.05, 4.69) is 18.1 Å². The zero-order valence-electron chi connectivity index (χ0n) is 9.03. The van der Waals surface area contributed by atoms with Crippen molar-refractivity contribution in [2.75, 3.05) is 13.6 Å². The molecule has 1 heterocycles. The smallest absolute Gasteiger partial charge is 0.209 e. The molecule has 0 aromatic carbocycles. The number of aromatic nitrogens is 2. The third-order valence-corrected chi connectivity index (χ3v) is 2.19. The van der Waals surface area contributed by atoms with E-state index in [-0.39, 0.29) is 0 Å². The number of hydrogen-bond acceptors (Lipinski definition) is 2. The monoisotopic (exact) mass is 195 g/mol. The number of rotatable bonds is 5. The molecule has 0 aliphatic carbocycles. The molecule has 0 aliphatic heterocycles. The van der Waals surface area contributed by atoms with Gasteiger partial charge in [0, 0.05) is 32.3 Å². The molecule has 0 atom stereocenters. The topological polar surface area (TPSA) is 38.1 Å². The van der Waals surface area contributed by atoms with Gasteiger partial charge in [0.25, 0.3) is 0 Å². The minimum Gasteiger partial charge on any atom is -0.348 e. The van der Waals surface area contributed by atoms with E-state index in [1.165, 1.54) is 5.69 Å². The Morgan fingerprint density at radius 2 is 2.36 bits per heavy atom. The number of carbonyl (C=O) groups is 1. The van der Waals surface area contributed by atoms with Crippen LogP contribution in [0, 0.1) is 6.92 Å². The van der Waals surface area contributed by atoms with Crippen LogP contribution in [0.25, 0.3) is 0 Å². The van der Waals surface area contributed by atoms with Crippen LogP contribution in [-0.4, -0.2) is 34.7 Å². The molecule has 0 unspecified atom stereocenters. The van der Waals surface area contributed by atoms with Gasteiger partial charge in [-0.3, -0.25) is 9.48 Å². The molecular weight excluding hydrogens is 178 g/mol. The molecule has 0 aliphatic rings. The highest BCUT2D eigenvalue weighted by Gasteiger charge is 2.04. The number of hydrogen-bond donors (Lipinski definition) is 0.